The number of ether oxygens (including phenoxy) is 1. The van der Waals surface area contributed by atoms with Crippen LogP contribution in [0.15, 0.2) is 72.8 Å². The van der Waals surface area contributed by atoms with Crippen LogP contribution in [0.4, 0.5) is 9.18 Å². The Hall–Kier alpha value is -4.00. The number of H-pyrrole nitrogens is 1. The number of fused-ring (bicyclic) bond motifs is 1. The van der Waals surface area contributed by atoms with Crippen molar-refractivity contribution in [3.63, 3.8) is 0 Å². The van der Waals surface area contributed by atoms with Crippen LogP contribution in [0.2, 0.25) is 0 Å². The van der Waals surface area contributed by atoms with Crippen molar-refractivity contribution in [1.29, 1.82) is 0 Å². The van der Waals surface area contributed by atoms with E-state index in [9.17, 15) is 14.0 Å². The van der Waals surface area contributed by atoms with Gasteiger partial charge >= 0.3 is 6.09 Å². The summed E-state index contributed by atoms with van der Waals surface area (Å²) in [5.41, 5.74) is 2.28. The number of rotatable bonds is 5. The number of hydrogen-bond donors (Lipinski definition) is 1. The van der Waals surface area contributed by atoms with Crippen molar-refractivity contribution in [1.82, 2.24) is 14.9 Å². The smallest absolute Gasteiger partial charge is 0.418 e. The second kappa shape index (κ2) is 7.85. The van der Waals surface area contributed by atoms with Gasteiger partial charge in [0.1, 0.15) is 5.82 Å². The minimum absolute atomic E-state index is 0.129. The molecule has 2 heterocycles. The lowest BCUT2D eigenvalue weighted by atomic mass is 9.92. The van der Waals surface area contributed by atoms with Gasteiger partial charge in [-0.1, -0.05) is 48.5 Å². The van der Waals surface area contributed by atoms with Gasteiger partial charge in [0.15, 0.2) is 5.82 Å². The fourth-order valence-corrected chi connectivity index (χ4v) is 4.29. The summed E-state index contributed by atoms with van der Waals surface area (Å²) < 4.78 is 19.3. The lowest BCUT2D eigenvalue weighted by Crippen LogP contribution is -2.42. The predicted molar refractivity (Wildman–Crippen MR) is 121 cm³/mol. The van der Waals surface area contributed by atoms with E-state index in [-0.39, 0.29) is 12.2 Å². The van der Waals surface area contributed by atoms with E-state index in [2.05, 4.69) is 9.97 Å². The van der Waals surface area contributed by atoms with Crippen LogP contribution < -0.4 is 0 Å². The minimum atomic E-state index is -1.64. The molecule has 2 amide bonds. The van der Waals surface area contributed by atoms with Crippen molar-refractivity contribution in [2.24, 2.45) is 0 Å². The van der Waals surface area contributed by atoms with E-state index in [1.165, 1.54) is 12.1 Å². The Bertz CT molecular complexity index is 1350. The average Bonchev–Trinajstić information content (AvgIpc) is 3.33. The highest BCUT2D eigenvalue weighted by Crippen LogP contribution is 2.41. The molecule has 1 saturated heterocycles. The van der Waals surface area contributed by atoms with Crippen LogP contribution >= 0.6 is 0 Å². The summed E-state index contributed by atoms with van der Waals surface area (Å²) >= 11 is 0. The number of carbonyl (C=O) groups is 2. The highest BCUT2D eigenvalue weighted by Gasteiger charge is 2.58. The van der Waals surface area contributed by atoms with Gasteiger partial charge in [-0.05, 0) is 54.8 Å². The van der Waals surface area contributed by atoms with Crippen molar-refractivity contribution >= 4 is 23.0 Å². The number of aromatic amines is 1. The Kier molecular flexibility index (Phi) is 4.96. The summed E-state index contributed by atoms with van der Waals surface area (Å²) in [6.07, 6.45) is -0.631. The fourth-order valence-electron chi connectivity index (χ4n) is 4.29. The molecule has 166 valence electrons. The summed E-state index contributed by atoms with van der Waals surface area (Å²) in [5.74, 6) is -0.625. The number of halogens is 1. The highest BCUT2D eigenvalue weighted by atomic mass is 19.1. The van der Waals surface area contributed by atoms with E-state index >= 15 is 0 Å². The fraction of sp³-hybridized carbons (Fsp3) is 0.192. The molecule has 0 saturated carbocycles. The van der Waals surface area contributed by atoms with Crippen molar-refractivity contribution in [2.75, 3.05) is 0 Å². The SMILES string of the molecule is Cc1ccc2nc([C@@]3(Cc4ccccc4)OC(=O)N([C@H](C)c4ccc(F)cc4)C3=O)[nH]c2c1. The first-order chi connectivity index (χ1) is 15.9. The molecule has 0 spiro atoms. The number of imidazole rings is 1. The van der Waals surface area contributed by atoms with Crippen molar-refractivity contribution < 1.29 is 18.7 Å². The van der Waals surface area contributed by atoms with Gasteiger partial charge in [-0.3, -0.25) is 4.79 Å². The van der Waals surface area contributed by atoms with Gasteiger partial charge in [-0.25, -0.2) is 19.1 Å². The molecular formula is C26H22FN3O3. The lowest BCUT2D eigenvalue weighted by molar-refractivity contribution is -0.139. The van der Waals surface area contributed by atoms with Gasteiger partial charge in [-0.15, -0.1) is 0 Å². The average molecular weight is 443 g/mol. The second-order valence-electron chi connectivity index (χ2n) is 8.37. The quantitative estimate of drug-likeness (QED) is 0.461. The van der Waals surface area contributed by atoms with Crippen LogP contribution in [0, 0.1) is 12.7 Å². The largest absolute Gasteiger partial charge is 0.424 e. The normalized spacial score (nSPS) is 19.2. The van der Waals surface area contributed by atoms with Crippen LogP contribution in [-0.4, -0.2) is 26.9 Å². The van der Waals surface area contributed by atoms with Gasteiger partial charge < -0.3 is 9.72 Å². The van der Waals surface area contributed by atoms with Gasteiger partial charge in [0, 0.05) is 6.42 Å². The zero-order valence-electron chi connectivity index (χ0n) is 18.2. The number of hydrogen-bond acceptors (Lipinski definition) is 4. The number of nitrogens with zero attached hydrogens (tertiary/aromatic N) is 2. The summed E-state index contributed by atoms with van der Waals surface area (Å²) in [4.78, 5) is 35.9. The molecular weight excluding hydrogens is 421 g/mol. The number of imide groups is 1. The summed E-state index contributed by atoms with van der Waals surface area (Å²) in [6.45, 7) is 3.68. The third-order valence-electron chi connectivity index (χ3n) is 6.08. The van der Waals surface area contributed by atoms with Crippen LogP contribution in [0.25, 0.3) is 11.0 Å². The van der Waals surface area contributed by atoms with Crippen LogP contribution in [-0.2, 0) is 21.6 Å². The maximum atomic E-state index is 13.9. The third-order valence-corrected chi connectivity index (χ3v) is 6.08. The Balaban J connectivity index is 1.61. The zero-order valence-corrected chi connectivity index (χ0v) is 18.2. The van der Waals surface area contributed by atoms with Crippen molar-refractivity contribution in [3.05, 3.63) is 101 Å². The van der Waals surface area contributed by atoms with Gasteiger partial charge in [0.25, 0.3) is 11.5 Å². The molecule has 7 heteroatoms. The molecule has 0 radical (unpaired) electrons. The number of benzene rings is 3. The van der Waals surface area contributed by atoms with E-state index in [4.69, 9.17) is 4.74 Å². The molecule has 5 rings (SSSR count). The summed E-state index contributed by atoms with van der Waals surface area (Å²) in [7, 11) is 0. The third kappa shape index (κ3) is 3.55. The number of nitrogens with one attached hydrogen (secondary N) is 1. The molecule has 4 aromatic rings. The number of carbonyl (C=O) groups excluding carboxylic acids is 2. The number of aromatic nitrogens is 2. The van der Waals surface area contributed by atoms with E-state index < -0.39 is 29.5 Å². The lowest BCUT2D eigenvalue weighted by Gasteiger charge is -2.25. The number of cyclic esters (lactones) is 1. The van der Waals surface area contributed by atoms with Crippen molar-refractivity contribution in [3.8, 4) is 0 Å². The molecule has 1 aliphatic rings. The molecule has 1 aromatic heterocycles. The Morgan fingerprint density at radius 3 is 2.52 bits per heavy atom. The number of amides is 2. The van der Waals surface area contributed by atoms with E-state index in [1.807, 2.05) is 55.5 Å². The molecule has 0 aliphatic carbocycles. The van der Waals surface area contributed by atoms with Crippen LogP contribution in [0.5, 0.6) is 0 Å². The Morgan fingerprint density at radius 1 is 1.06 bits per heavy atom. The van der Waals surface area contributed by atoms with E-state index in [1.54, 1.807) is 19.1 Å². The molecule has 6 nitrogen and oxygen atoms in total. The van der Waals surface area contributed by atoms with Crippen molar-refractivity contribution in [2.45, 2.75) is 31.9 Å². The monoisotopic (exact) mass is 443 g/mol. The molecule has 1 fully saturated rings. The molecule has 2 atom stereocenters. The first kappa shape index (κ1) is 20.9. The maximum Gasteiger partial charge on any atom is 0.418 e. The van der Waals surface area contributed by atoms with Gasteiger partial charge in [0.2, 0.25) is 0 Å². The first-order valence-electron chi connectivity index (χ1n) is 10.7. The van der Waals surface area contributed by atoms with E-state index in [0.717, 1.165) is 21.5 Å². The molecule has 1 aliphatic heterocycles. The first-order valence-corrected chi connectivity index (χ1v) is 10.7. The van der Waals surface area contributed by atoms with E-state index in [0.29, 0.717) is 11.1 Å². The standard InChI is InChI=1S/C26H22FN3O3/c1-16-8-13-21-22(14-16)29-23(28-21)26(15-18-6-4-3-5-7-18)24(31)30(25(32)33-26)17(2)19-9-11-20(27)12-10-19/h3-14,17H,15H2,1-2H3,(H,28,29)/t17-,26-/m1/s1. The van der Waals surface area contributed by atoms with Gasteiger partial charge in [-0.2, -0.15) is 0 Å². The second-order valence-corrected chi connectivity index (χ2v) is 8.37. The Morgan fingerprint density at radius 2 is 1.79 bits per heavy atom. The molecule has 0 bridgehead atoms. The number of aryl methyl sites for hydroxylation is 1. The zero-order chi connectivity index (χ0) is 23.2. The summed E-state index contributed by atoms with van der Waals surface area (Å²) in [6, 6.07) is 20.2. The molecule has 0 unspecified atom stereocenters. The topological polar surface area (TPSA) is 75.3 Å². The molecule has 3 aromatic carbocycles. The highest BCUT2D eigenvalue weighted by molar-refractivity contribution is 6.04. The molecule has 33 heavy (non-hydrogen) atoms. The van der Waals surface area contributed by atoms with Crippen LogP contribution in [0.3, 0.4) is 0 Å². The van der Waals surface area contributed by atoms with Crippen LogP contribution in [0.1, 0.15) is 35.5 Å². The van der Waals surface area contributed by atoms with Gasteiger partial charge in [0.05, 0.1) is 17.1 Å². The predicted octanol–water partition coefficient (Wildman–Crippen LogP) is 5.19. The molecule has 1 N–H and O–H groups in total. The maximum absolute atomic E-state index is 13.9. The Labute approximate surface area is 190 Å². The minimum Gasteiger partial charge on any atom is -0.424 e. The summed E-state index contributed by atoms with van der Waals surface area (Å²) in [5, 5.41) is 0.